The fraction of sp³-hybridized carbons (Fsp3) is 0.0909. The van der Waals surface area contributed by atoms with Crippen molar-refractivity contribution in [3.63, 3.8) is 0 Å². The summed E-state index contributed by atoms with van der Waals surface area (Å²) in [6, 6.07) is 19.1. The monoisotopic (exact) mass is 551 g/mol. The van der Waals surface area contributed by atoms with Crippen LogP contribution in [0.3, 0.4) is 0 Å². The number of thiol groups is 1. The van der Waals surface area contributed by atoms with Crippen molar-refractivity contribution < 1.29 is 14.9 Å². The van der Waals surface area contributed by atoms with E-state index in [-0.39, 0.29) is 0 Å². The van der Waals surface area contributed by atoms with Crippen molar-refractivity contribution in [1.29, 1.82) is 0 Å². The van der Waals surface area contributed by atoms with E-state index < -0.39 is 14.9 Å². The van der Waals surface area contributed by atoms with Crippen molar-refractivity contribution >= 4 is 55.0 Å². The summed E-state index contributed by atoms with van der Waals surface area (Å²) in [5, 5.41) is 0. The maximum atomic E-state index is 7.28. The third-order valence-corrected chi connectivity index (χ3v) is 20.8. The first-order chi connectivity index (χ1) is 12.8. The van der Waals surface area contributed by atoms with Crippen molar-refractivity contribution in [3.8, 4) is 11.1 Å². The van der Waals surface area contributed by atoms with Crippen LogP contribution >= 0.6 is 42.3 Å². The zero-order valence-electron chi connectivity index (χ0n) is 14.3. The predicted molar refractivity (Wildman–Crippen MR) is 122 cm³/mol. The van der Waals surface area contributed by atoms with E-state index >= 15 is 0 Å². The van der Waals surface area contributed by atoms with E-state index in [4.69, 9.17) is 26.4 Å². The number of rotatable bonds is 2. The minimum absolute atomic E-state index is 0.899. The molecular formula is C22H16BrCl2SZr. The van der Waals surface area contributed by atoms with Crippen LogP contribution in [-0.2, 0) is 27.8 Å². The van der Waals surface area contributed by atoms with Gasteiger partial charge in [0.1, 0.15) is 0 Å². The van der Waals surface area contributed by atoms with E-state index in [9.17, 15) is 0 Å². The van der Waals surface area contributed by atoms with Crippen LogP contribution in [0.25, 0.3) is 17.2 Å². The molecule has 2 aliphatic carbocycles. The quantitative estimate of drug-likeness (QED) is 0.273. The van der Waals surface area contributed by atoms with E-state index in [1.807, 2.05) is 0 Å². The summed E-state index contributed by atoms with van der Waals surface area (Å²) in [7, 11) is 19.6. The Morgan fingerprint density at radius 1 is 0.926 bits per heavy atom. The van der Waals surface area contributed by atoms with Crippen LogP contribution in [0.2, 0.25) is 0 Å². The zero-order valence-corrected chi connectivity index (χ0v) is 20.8. The Balaban J connectivity index is 1.68. The Labute approximate surface area is 179 Å². The average molecular weight is 554 g/mol. The Morgan fingerprint density at radius 2 is 1.70 bits per heavy atom. The Bertz CT molecular complexity index is 1140. The van der Waals surface area contributed by atoms with E-state index in [0.29, 0.717) is 0 Å². The van der Waals surface area contributed by atoms with Crippen LogP contribution in [0.15, 0.2) is 65.1 Å². The van der Waals surface area contributed by atoms with Gasteiger partial charge in [0.25, 0.3) is 0 Å². The second kappa shape index (κ2) is 6.34. The molecule has 0 heterocycles. The fourth-order valence-corrected chi connectivity index (χ4v) is 15.4. The average Bonchev–Trinajstić information content (AvgIpc) is 3.26. The first kappa shape index (κ1) is 18.7. The standard InChI is InChI=1S/C13H9.C9H6Br.2ClH.H2S.Zr/c1-3-7-12-10(5-1)9-11-6-2-4-8-13(11)12;10-9-6-2-4-7-3-1-5-8(7)9;;;;/h1,3-8H,9H2;1-3,6H,5H2;2*1H;1H2;/q;;;;;+3/p-3. The number of allylic oxidation sites excluding steroid dienone is 1. The third-order valence-electron chi connectivity index (χ3n) is 5.65. The molecule has 0 radical (unpaired) electrons. The van der Waals surface area contributed by atoms with E-state index in [1.54, 1.807) is 0 Å². The Hall–Kier alpha value is -0.307. The molecule has 0 unspecified atom stereocenters. The van der Waals surface area contributed by atoms with Gasteiger partial charge in [-0.15, -0.1) is 0 Å². The molecule has 3 aromatic carbocycles. The van der Waals surface area contributed by atoms with Crippen molar-refractivity contribution in [1.82, 2.24) is 0 Å². The second-order valence-electron chi connectivity index (χ2n) is 7.27. The maximum absolute atomic E-state index is 7.28. The van der Waals surface area contributed by atoms with Crippen molar-refractivity contribution in [2.75, 3.05) is 0 Å². The number of benzene rings is 3. The van der Waals surface area contributed by atoms with Crippen LogP contribution in [-0.4, -0.2) is 0 Å². The fourth-order valence-electron chi connectivity index (χ4n) is 4.27. The van der Waals surface area contributed by atoms with Gasteiger partial charge in [-0.25, -0.2) is 0 Å². The molecule has 0 saturated heterocycles. The number of hydrogen-bond donors (Lipinski definition) is 1. The molecule has 0 spiro atoms. The number of hydrogen-bond acceptors (Lipinski definition) is 1. The third kappa shape index (κ3) is 2.89. The summed E-state index contributed by atoms with van der Waals surface area (Å²) >= 11 is -1.02. The Morgan fingerprint density at radius 3 is 2.56 bits per heavy atom. The second-order valence-corrected chi connectivity index (χ2v) is 34.1. The van der Waals surface area contributed by atoms with Gasteiger partial charge in [0, 0.05) is 0 Å². The SMILES string of the molecule is [SH][Zr]([Cl])([Cl])([c]1ccc2c(c1)Cc1ccccc1-2)[c]1ccc(Br)c2c1C=CC2. The molecule has 0 bridgehead atoms. The zero-order chi connectivity index (χ0) is 18.8. The van der Waals surface area contributed by atoms with Crippen LogP contribution in [0.4, 0.5) is 0 Å². The van der Waals surface area contributed by atoms with Gasteiger partial charge in [-0.3, -0.25) is 0 Å². The van der Waals surface area contributed by atoms with Crippen LogP contribution < -0.4 is 6.54 Å². The molecule has 0 amide bonds. The van der Waals surface area contributed by atoms with Gasteiger partial charge >= 0.3 is 181 Å². The number of fused-ring (bicyclic) bond motifs is 4. The molecule has 5 heteroatoms. The van der Waals surface area contributed by atoms with Crippen molar-refractivity contribution in [2.45, 2.75) is 12.8 Å². The van der Waals surface area contributed by atoms with Crippen molar-refractivity contribution in [2.24, 2.45) is 0 Å². The topological polar surface area (TPSA) is 0 Å². The normalized spacial score (nSPS) is 15.8. The van der Waals surface area contributed by atoms with Gasteiger partial charge in [0.2, 0.25) is 0 Å². The van der Waals surface area contributed by atoms with Gasteiger partial charge in [0.15, 0.2) is 0 Å². The first-order valence-corrected chi connectivity index (χ1v) is 22.2. The van der Waals surface area contributed by atoms with E-state index in [2.05, 4.69) is 82.7 Å². The first-order valence-electron chi connectivity index (χ1n) is 8.86. The van der Waals surface area contributed by atoms with Gasteiger partial charge in [-0.05, 0) is 0 Å². The molecule has 0 N–H and O–H groups in total. The molecule has 0 aliphatic heterocycles. The molecule has 5 rings (SSSR count). The molecule has 0 nitrogen and oxygen atoms in total. The summed E-state index contributed by atoms with van der Waals surface area (Å²) in [5.74, 6) is 0. The summed E-state index contributed by atoms with van der Waals surface area (Å²) < 4.78 is 3.09. The molecule has 2 aliphatic rings. The molecule has 0 atom stereocenters. The van der Waals surface area contributed by atoms with Gasteiger partial charge in [-0.1, -0.05) is 0 Å². The molecular weight excluding hydrogens is 538 g/mol. The van der Waals surface area contributed by atoms with Gasteiger partial charge in [-0.2, -0.15) is 0 Å². The number of halogens is 3. The van der Waals surface area contributed by atoms with Crippen LogP contribution in [0.5, 0.6) is 0 Å². The van der Waals surface area contributed by atoms with Crippen LogP contribution in [0.1, 0.15) is 22.3 Å². The molecule has 0 aromatic heterocycles. The van der Waals surface area contributed by atoms with E-state index in [1.165, 1.54) is 27.8 Å². The summed E-state index contributed by atoms with van der Waals surface area (Å²) in [6.07, 6.45) is 6.11. The molecule has 27 heavy (non-hydrogen) atoms. The minimum atomic E-state index is -4.67. The molecule has 0 saturated carbocycles. The van der Waals surface area contributed by atoms with Gasteiger partial charge < -0.3 is 0 Å². The summed E-state index contributed by atoms with van der Waals surface area (Å²) in [5.41, 5.74) is 7.62. The van der Waals surface area contributed by atoms with Crippen molar-refractivity contribution in [3.05, 3.63) is 87.4 Å². The Kier molecular flexibility index (Phi) is 4.40. The molecule has 135 valence electrons. The summed E-state index contributed by atoms with van der Waals surface area (Å²) in [6.45, 7) is 0. The predicted octanol–water partition coefficient (Wildman–Crippen LogP) is 6.38. The van der Waals surface area contributed by atoms with Gasteiger partial charge in [0.05, 0.1) is 0 Å². The molecule has 3 aromatic rings. The summed E-state index contributed by atoms with van der Waals surface area (Å²) in [4.78, 5) is 0. The van der Waals surface area contributed by atoms with E-state index in [0.717, 1.165) is 29.4 Å². The van der Waals surface area contributed by atoms with Crippen LogP contribution in [0, 0.1) is 0 Å². The molecule has 0 fully saturated rings.